The highest BCUT2D eigenvalue weighted by Gasteiger charge is 2.21. The van der Waals surface area contributed by atoms with Crippen molar-refractivity contribution in [2.75, 3.05) is 5.32 Å². The first kappa shape index (κ1) is 16.2. The molecule has 3 rings (SSSR count). The molecule has 1 N–H and O–H groups in total. The van der Waals surface area contributed by atoms with Crippen molar-refractivity contribution in [1.82, 2.24) is 4.98 Å². The number of hydrogen-bond donors (Lipinski definition) is 1. The van der Waals surface area contributed by atoms with E-state index in [9.17, 15) is 4.79 Å². The summed E-state index contributed by atoms with van der Waals surface area (Å²) in [7, 11) is 0. The molecule has 0 aliphatic heterocycles. The van der Waals surface area contributed by atoms with E-state index >= 15 is 0 Å². The fourth-order valence-corrected chi connectivity index (χ4v) is 2.32. The predicted molar refractivity (Wildman–Crippen MR) is 97.0 cm³/mol. The molecule has 0 saturated heterocycles. The second-order valence-electron chi connectivity index (χ2n) is 7.20. The zero-order valence-electron chi connectivity index (χ0n) is 14.7. The van der Waals surface area contributed by atoms with Crippen molar-refractivity contribution in [1.29, 1.82) is 0 Å². The third-order valence-electron chi connectivity index (χ3n) is 4.07. The van der Waals surface area contributed by atoms with E-state index in [4.69, 9.17) is 4.42 Å². The second-order valence-corrected chi connectivity index (χ2v) is 7.20. The van der Waals surface area contributed by atoms with Crippen molar-refractivity contribution in [3.05, 3.63) is 47.5 Å². The molecular weight excluding hydrogens is 300 g/mol. The standard InChI is InChI=1S/C20H22N2O2/c1-12-10-16-17(11-13(12)2)24-18(22-16)14-6-8-15(9-7-14)21-19(23)20(3,4)5/h6-11H,1-5H3,(H,21,23). The van der Waals surface area contributed by atoms with Crippen molar-refractivity contribution < 1.29 is 9.21 Å². The van der Waals surface area contributed by atoms with Crippen LogP contribution in [0.5, 0.6) is 0 Å². The van der Waals surface area contributed by atoms with Crippen LogP contribution in [0.15, 0.2) is 40.8 Å². The third-order valence-corrected chi connectivity index (χ3v) is 4.07. The van der Waals surface area contributed by atoms with Gasteiger partial charge in [0.25, 0.3) is 0 Å². The number of aromatic nitrogens is 1. The number of hydrogen-bond acceptors (Lipinski definition) is 3. The Bertz CT molecular complexity index is 861. The number of rotatable bonds is 2. The van der Waals surface area contributed by atoms with E-state index in [0.717, 1.165) is 22.4 Å². The van der Waals surface area contributed by atoms with E-state index in [1.54, 1.807) is 0 Å². The lowest BCUT2D eigenvalue weighted by Gasteiger charge is -2.17. The molecule has 0 atom stereocenters. The van der Waals surface area contributed by atoms with Gasteiger partial charge in [-0.2, -0.15) is 0 Å². The molecular formula is C20H22N2O2. The largest absolute Gasteiger partial charge is 0.436 e. The topological polar surface area (TPSA) is 55.1 Å². The maximum absolute atomic E-state index is 12.0. The zero-order chi connectivity index (χ0) is 17.5. The Hall–Kier alpha value is -2.62. The lowest BCUT2D eigenvalue weighted by atomic mass is 9.95. The van der Waals surface area contributed by atoms with E-state index in [-0.39, 0.29) is 5.91 Å². The molecule has 0 saturated carbocycles. The summed E-state index contributed by atoms with van der Waals surface area (Å²) in [5.74, 6) is 0.576. The molecule has 0 spiro atoms. The smallest absolute Gasteiger partial charge is 0.229 e. The summed E-state index contributed by atoms with van der Waals surface area (Å²) in [6.45, 7) is 9.79. The summed E-state index contributed by atoms with van der Waals surface area (Å²) in [4.78, 5) is 16.6. The SMILES string of the molecule is Cc1cc2nc(-c3ccc(NC(=O)C(C)(C)C)cc3)oc2cc1C. The highest BCUT2D eigenvalue weighted by molar-refractivity contribution is 5.94. The molecule has 0 aliphatic rings. The summed E-state index contributed by atoms with van der Waals surface area (Å²) in [6.07, 6.45) is 0. The van der Waals surface area contributed by atoms with Crippen molar-refractivity contribution >= 4 is 22.7 Å². The fourth-order valence-electron chi connectivity index (χ4n) is 2.32. The molecule has 3 aromatic rings. The fraction of sp³-hybridized carbons (Fsp3) is 0.300. The molecule has 124 valence electrons. The molecule has 1 aromatic heterocycles. The van der Waals surface area contributed by atoms with Crippen LogP contribution in [0.2, 0.25) is 0 Å². The maximum atomic E-state index is 12.0. The number of aryl methyl sites for hydroxylation is 2. The van der Waals surface area contributed by atoms with Gasteiger partial charge in [-0.05, 0) is 61.4 Å². The van der Waals surface area contributed by atoms with Crippen LogP contribution in [-0.2, 0) is 4.79 Å². The lowest BCUT2D eigenvalue weighted by molar-refractivity contribution is -0.123. The van der Waals surface area contributed by atoms with Gasteiger partial charge in [0.2, 0.25) is 11.8 Å². The Labute approximate surface area is 141 Å². The van der Waals surface area contributed by atoms with Gasteiger partial charge in [-0.15, -0.1) is 0 Å². The Morgan fingerprint density at radius 2 is 1.67 bits per heavy atom. The number of nitrogens with zero attached hydrogens (tertiary/aromatic N) is 1. The molecule has 0 unspecified atom stereocenters. The van der Waals surface area contributed by atoms with Crippen LogP contribution in [-0.4, -0.2) is 10.9 Å². The predicted octanol–water partition coefficient (Wildman–Crippen LogP) is 5.10. The highest BCUT2D eigenvalue weighted by atomic mass is 16.3. The summed E-state index contributed by atoms with van der Waals surface area (Å²) in [5, 5.41) is 2.91. The van der Waals surface area contributed by atoms with E-state index in [1.165, 1.54) is 11.1 Å². The Kier molecular flexibility index (Phi) is 3.91. The van der Waals surface area contributed by atoms with Gasteiger partial charge >= 0.3 is 0 Å². The number of carbonyl (C=O) groups is 1. The van der Waals surface area contributed by atoms with E-state index in [1.807, 2.05) is 57.2 Å². The van der Waals surface area contributed by atoms with Crippen molar-refractivity contribution in [3.8, 4) is 11.5 Å². The van der Waals surface area contributed by atoms with Gasteiger partial charge in [0.1, 0.15) is 5.52 Å². The molecule has 0 radical (unpaired) electrons. The summed E-state index contributed by atoms with van der Waals surface area (Å²) < 4.78 is 5.87. The maximum Gasteiger partial charge on any atom is 0.229 e. The summed E-state index contributed by atoms with van der Waals surface area (Å²) in [5.41, 5.74) is 5.26. The number of nitrogens with one attached hydrogen (secondary N) is 1. The number of anilines is 1. The zero-order valence-corrected chi connectivity index (χ0v) is 14.7. The molecule has 4 heteroatoms. The minimum Gasteiger partial charge on any atom is -0.436 e. The van der Waals surface area contributed by atoms with E-state index < -0.39 is 5.41 Å². The van der Waals surface area contributed by atoms with Gasteiger partial charge in [-0.1, -0.05) is 20.8 Å². The first-order chi connectivity index (χ1) is 11.2. The Morgan fingerprint density at radius 1 is 1.04 bits per heavy atom. The molecule has 0 fully saturated rings. The molecule has 0 aliphatic carbocycles. The number of amides is 1. The molecule has 2 aromatic carbocycles. The van der Waals surface area contributed by atoms with Crippen LogP contribution >= 0.6 is 0 Å². The van der Waals surface area contributed by atoms with Gasteiger partial charge < -0.3 is 9.73 Å². The second kappa shape index (κ2) is 5.78. The van der Waals surface area contributed by atoms with Gasteiger partial charge in [-0.25, -0.2) is 4.98 Å². The van der Waals surface area contributed by atoms with Crippen LogP contribution in [0.4, 0.5) is 5.69 Å². The van der Waals surface area contributed by atoms with Crippen LogP contribution < -0.4 is 5.32 Å². The molecule has 24 heavy (non-hydrogen) atoms. The number of carbonyl (C=O) groups excluding carboxylic acids is 1. The molecule has 1 heterocycles. The first-order valence-electron chi connectivity index (χ1n) is 8.04. The minimum atomic E-state index is -0.422. The molecule has 0 bridgehead atoms. The van der Waals surface area contributed by atoms with Gasteiger partial charge in [0, 0.05) is 16.7 Å². The van der Waals surface area contributed by atoms with Crippen LogP contribution in [0.1, 0.15) is 31.9 Å². The van der Waals surface area contributed by atoms with Crippen molar-refractivity contribution in [2.24, 2.45) is 5.41 Å². The van der Waals surface area contributed by atoms with Crippen molar-refractivity contribution in [2.45, 2.75) is 34.6 Å². The van der Waals surface area contributed by atoms with Gasteiger partial charge in [0.15, 0.2) is 5.58 Å². The highest BCUT2D eigenvalue weighted by Crippen LogP contribution is 2.27. The molecule has 1 amide bonds. The molecule has 4 nitrogen and oxygen atoms in total. The Balaban J connectivity index is 1.87. The number of fused-ring (bicyclic) bond motifs is 1. The average molecular weight is 322 g/mol. The minimum absolute atomic E-state index is 0.0111. The van der Waals surface area contributed by atoms with Gasteiger partial charge in [0.05, 0.1) is 0 Å². The monoisotopic (exact) mass is 322 g/mol. The first-order valence-corrected chi connectivity index (χ1v) is 8.04. The van der Waals surface area contributed by atoms with Crippen LogP contribution in [0, 0.1) is 19.3 Å². The lowest BCUT2D eigenvalue weighted by Crippen LogP contribution is -2.27. The van der Waals surface area contributed by atoms with Crippen LogP contribution in [0.3, 0.4) is 0 Å². The number of benzene rings is 2. The third kappa shape index (κ3) is 3.18. The van der Waals surface area contributed by atoms with E-state index in [0.29, 0.717) is 5.89 Å². The normalized spacial score (nSPS) is 11.7. The van der Waals surface area contributed by atoms with E-state index in [2.05, 4.69) is 24.1 Å². The number of oxazole rings is 1. The summed E-state index contributed by atoms with van der Waals surface area (Å²) >= 11 is 0. The average Bonchev–Trinajstić information content (AvgIpc) is 2.90. The summed E-state index contributed by atoms with van der Waals surface area (Å²) in [6, 6.07) is 11.6. The van der Waals surface area contributed by atoms with Gasteiger partial charge in [-0.3, -0.25) is 4.79 Å². The van der Waals surface area contributed by atoms with Crippen molar-refractivity contribution in [3.63, 3.8) is 0 Å². The quantitative estimate of drug-likeness (QED) is 0.714. The van der Waals surface area contributed by atoms with Crippen LogP contribution in [0.25, 0.3) is 22.6 Å². The Morgan fingerprint density at radius 3 is 2.29 bits per heavy atom.